The van der Waals surface area contributed by atoms with Crippen molar-refractivity contribution in [2.75, 3.05) is 26.3 Å². The molecule has 0 N–H and O–H groups in total. The van der Waals surface area contributed by atoms with Crippen LogP contribution in [0.1, 0.15) is 52.9 Å². The zero-order chi connectivity index (χ0) is 14.5. The van der Waals surface area contributed by atoms with Crippen LogP contribution in [0.25, 0.3) is 0 Å². The monoisotopic (exact) mass is 273 g/mol. The largest absolute Gasteiger partial charge is 0.464 e. The molecule has 0 radical (unpaired) electrons. The SMILES string of the molecule is CCCCCCOC(=O)CN(CC)C(=O)OCCC. The lowest BCUT2D eigenvalue weighted by Crippen LogP contribution is -2.36. The maximum absolute atomic E-state index is 11.6. The molecule has 19 heavy (non-hydrogen) atoms. The molecule has 1 amide bonds. The van der Waals surface area contributed by atoms with Crippen molar-refractivity contribution in [2.24, 2.45) is 0 Å². The number of amides is 1. The molecule has 0 aromatic rings. The van der Waals surface area contributed by atoms with Crippen LogP contribution in [0.2, 0.25) is 0 Å². The lowest BCUT2D eigenvalue weighted by atomic mass is 10.2. The molecule has 0 aliphatic carbocycles. The number of rotatable bonds is 10. The fourth-order valence-corrected chi connectivity index (χ4v) is 1.50. The first-order valence-corrected chi connectivity index (χ1v) is 7.22. The van der Waals surface area contributed by atoms with Gasteiger partial charge in [0.05, 0.1) is 13.2 Å². The molecule has 0 heterocycles. The van der Waals surface area contributed by atoms with Crippen molar-refractivity contribution < 1.29 is 19.1 Å². The van der Waals surface area contributed by atoms with Gasteiger partial charge in [-0.05, 0) is 19.8 Å². The minimum Gasteiger partial charge on any atom is -0.464 e. The van der Waals surface area contributed by atoms with Gasteiger partial charge in [0.1, 0.15) is 6.54 Å². The number of hydrogen-bond acceptors (Lipinski definition) is 4. The van der Waals surface area contributed by atoms with E-state index in [2.05, 4.69) is 6.92 Å². The van der Waals surface area contributed by atoms with E-state index < -0.39 is 6.09 Å². The summed E-state index contributed by atoms with van der Waals surface area (Å²) in [5.41, 5.74) is 0. The van der Waals surface area contributed by atoms with E-state index in [1.54, 1.807) is 0 Å². The maximum Gasteiger partial charge on any atom is 0.410 e. The summed E-state index contributed by atoms with van der Waals surface area (Å²) in [5, 5.41) is 0. The summed E-state index contributed by atoms with van der Waals surface area (Å²) in [4.78, 5) is 24.5. The number of esters is 1. The van der Waals surface area contributed by atoms with Crippen molar-refractivity contribution in [1.29, 1.82) is 0 Å². The van der Waals surface area contributed by atoms with Gasteiger partial charge in [-0.1, -0.05) is 33.1 Å². The minimum absolute atomic E-state index is 0.0349. The topological polar surface area (TPSA) is 55.8 Å². The lowest BCUT2D eigenvalue weighted by molar-refractivity contribution is -0.144. The highest BCUT2D eigenvalue weighted by molar-refractivity contribution is 5.78. The average Bonchev–Trinajstić information content (AvgIpc) is 2.41. The van der Waals surface area contributed by atoms with E-state index in [0.717, 1.165) is 32.1 Å². The second-order valence-corrected chi connectivity index (χ2v) is 4.41. The Balaban J connectivity index is 3.83. The van der Waals surface area contributed by atoms with E-state index in [9.17, 15) is 9.59 Å². The summed E-state index contributed by atoms with van der Waals surface area (Å²) in [6, 6.07) is 0. The van der Waals surface area contributed by atoms with Crippen LogP contribution in [0.15, 0.2) is 0 Å². The predicted molar refractivity (Wildman–Crippen MR) is 74.0 cm³/mol. The van der Waals surface area contributed by atoms with Crippen molar-refractivity contribution in [3.63, 3.8) is 0 Å². The number of nitrogens with zero attached hydrogens (tertiary/aromatic N) is 1. The average molecular weight is 273 g/mol. The van der Waals surface area contributed by atoms with Crippen LogP contribution in [0, 0.1) is 0 Å². The summed E-state index contributed by atoms with van der Waals surface area (Å²) in [5.74, 6) is -0.369. The van der Waals surface area contributed by atoms with Gasteiger partial charge in [-0.3, -0.25) is 9.69 Å². The smallest absolute Gasteiger partial charge is 0.410 e. The quantitative estimate of drug-likeness (QED) is 0.453. The second kappa shape index (κ2) is 11.8. The van der Waals surface area contributed by atoms with E-state index in [4.69, 9.17) is 9.47 Å². The van der Waals surface area contributed by atoms with Crippen LogP contribution in [0.4, 0.5) is 4.79 Å². The highest BCUT2D eigenvalue weighted by Crippen LogP contribution is 2.00. The molecule has 0 aromatic heterocycles. The van der Waals surface area contributed by atoms with Gasteiger partial charge in [0, 0.05) is 6.54 Å². The molecule has 0 aliphatic rings. The third kappa shape index (κ3) is 9.33. The van der Waals surface area contributed by atoms with Gasteiger partial charge in [0.2, 0.25) is 0 Å². The Morgan fingerprint density at radius 1 is 0.895 bits per heavy atom. The zero-order valence-electron chi connectivity index (χ0n) is 12.4. The highest BCUT2D eigenvalue weighted by atomic mass is 16.6. The first kappa shape index (κ1) is 17.7. The Kier molecular flexibility index (Phi) is 11.0. The zero-order valence-corrected chi connectivity index (χ0v) is 12.4. The number of hydrogen-bond donors (Lipinski definition) is 0. The molecular weight excluding hydrogens is 246 g/mol. The van der Waals surface area contributed by atoms with E-state index in [-0.39, 0.29) is 12.5 Å². The molecule has 0 unspecified atom stereocenters. The molecule has 0 aromatic carbocycles. The fourth-order valence-electron chi connectivity index (χ4n) is 1.50. The molecule has 5 nitrogen and oxygen atoms in total. The van der Waals surface area contributed by atoms with Crippen molar-refractivity contribution in [3.8, 4) is 0 Å². The number of ether oxygens (including phenoxy) is 2. The second-order valence-electron chi connectivity index (χ2n) is 4.41. The maximum atomic E-state index is 11.6. The van der Waals surface area contributed by atoms with Crippen LogP contribution in [0.5, 0.6) is 0 Å². The van der Waals surface area contributed by atoms with E-state index in [0.29, 0.717) is 19.8 Å². The van der Waals surface area contributed by atoms with Crippen LogP contribution in [-0.4, -0.2) is 43.3 Å². The highest BCUT2D eigenvalue weighted by Gasteiger charge is 2.17. The number of carbonyl (C=O) groups is 2. The Labute approximate surface area is 116 Å². The van der Waals surface area contributed by atoms with Crippen molar-refractivity contribution in [2.45, 2.75) is 52.9 Å². The number of unbranched alkanes of at least 4 members (excludes halogenated alkanes) is 3. The van der Waals surface area contributed by atoms with Crippen LogP contribution < -0.4 is 0 Å². The first-order chi connectivity index (χ1) is 9.15. The molecule has 0 spiro atoms. The Morgan fingerprint density at radius 2 is 1.63 bits per heavy atom. The van der Waals surface area contributed by atoms with Crippen molar-refractivity contribution >= 4 is 12.1 Å². The predicted octanol–water partition coefficient (Wildman–Crippen LogP) is 2.98. The molecule has 0 rings (SSSR count). The summed E-state index contributed by atoms with van der Waals surface area (Å²) in [6.45, 7) is 7.07. The lowest BCUT2D eigenvalue weighted by Gasteiger charge is -2.19. The Bertz CT molecular complexity index is 256. The molecule has 0 aliphatic heterocycles. The summed E-state index contributed by atoms with van der Waals surface area (Å²) >= 11 is 0. The normalized spacial score (nSPS) is 10.1. The van der Waals surface area contributed by atoms with E-state index in [1.807, 2.05) is 13.8 Å². The van der Waals surface area contributed by atoms with Gasteiger partial charge >= 0.3 is 12.1 Å². The molecule has 0 saturated heterocycles. The first-order valence-electron chi connectivity index (χ1n) is 7.22. The molecule has 5 heteroatoms. The third-order valence-corrected chi connectivity index (χ3v) is 2.65. The molecule has 0 bridgehead atoms. The van der Waals surface area contributed by atoms with E-state index >= 15 is 0 Å². The fraction of sp³-hybridized carbons (Fsp3) is 0.857. The summed E-state index contributed by atoms with van der Waals surface area (Å²) < 4.78 is 10.1. The van der Waals surface area contributed by atoms with Gasteiger partial charge in [0.15, 0.2) is 0 Å². The molecule has 0 atom stereocenters. The van der Waals surface area contributed by atoms with Crippen LogP contribution >= 0.6 is 0 Å². The van der Waals surface area contributed by atoms with Gasteiger partial charge < -0.3 is 9.47 Å². The Hall–Kier alpha value is -1.26. The van der Waals surface area contributed by atoms with Gasteiger partial charge in [-0.25, -0.2) is 4.79 Å². The van der Waals surface area contributed by atoms with Gasteiger partial charge in [-0.2, -0.15) is 0 Å². The number of carbonyl (C=O) groups excluding carboxylic acids is 2. The minimum atomic E-state index is -0.452. The van der Waals surface area contributed by atoms with E-state index in [1.165, 1.54) is 4.90 Å². The Morgan fingerprint density at radius 3 is 2.21 bits per heavy atom. The van der Waals surface area contributed by atoms with Crippen LogP contribution in [0.3, 0.4) is 0 Å². The summed E-state index contributed by atoms with van der Waals surface area (Å²) in [6.07, 6.45) is 4.58. The number of likely N-dealkylation sites (N-methyl/N-ethyl adjacent to an activating group) is 1. The van der Waals surface area contributed by atoms with Crippen LogP contribution in [-0.2, 0) is 14.3 Å². The van der Waals surface area contributed by atoms with Crippen molar-refractivity contribution in [3.05, 3.63) is 0 Å². The molecule has 112 valence electrons. The van der Waals surface area contributed by atoms with Gasteiger partial charge in [-0.15, -0.1) is 0 Å². The van der Waals surface area contributed by atoms with Crippen molar-refractivity contribution in [1.82, 2.24) is 4.90 Å². The van der Waals surface area contributed by atoms with Gasteiger partial charge in [0.25, 0.3) is 0 Å². The summed E-state index contributed by atoms with van der Waals surface area (Å²) in [7, 11) is 0. The standard InChI is InChI=1S/C14H27NO4/c1-4-7-8-9-11-18-13(16)12-15(6-3)14(17)19-10-5-2/h4-12H2,1-3H3. The molecule has 0 saturated carbocycles. The molecule has 0 fully saturated rings. The third-order valence-electron chi connectivity index (χ3n) is 2.65. The molecular formula is C14H27NO4.